The van der Waals surface area contributed by atoms with E-state index in [1.165, 1.54) is 22.1 Å². The van der Waals surface area contributed by atoms with Crippen LogP contribution in [0.2, 0.25) is 0 Å². The van der Waals surface area contributed by atoms with Gasteiger partial charge in [-0.15, -0.1) is 0 Å². The molecule has 0 N–H and O–H groups in total. The summed E-state index contributed by atoms with van der Waals surface area (Å²) in [6.07, 6.45) is 10.8. The lowest BCUT2D eigenvalue weighted by atomic mass is 9.96. The second-order valence-corrected chi connectivity index (χ2v) is 4.91. The third-order valence-electron chi connectivity index (χ3n) is 3.61. The number of rotatable bonds is 2. The zero-order valence-electron chi connectivity index (χ0n) is 13.2. The first-order valence-corrected chi connectivity index (χ1v) is 7.69. The van der Waals surface area contributed by atoms with E-state index in [0.717, 1.165) is 24.1 Å². The number of allylic oxidation sites excluding steroid dienone is 4. The number of aromatic nitrogens is 1. The fourth-order valence-corrected chi connectivity index (χ4v) is 2.56. The summed E-state index contributed by atoms with van der Waals surface area (Å²) in [5.41, 5.74) is 5.73. The second kappa shape index (κ2) is 7.03. The topological polar surface area (TPSA) is 12.9 Å². The van der Waals surface area contributed by atoms with Gasteiger partial charge in [-0.1, -0.05) is 50.8 Å². The number of aryl methyl sites for hydroxylation is 1. The van der Waals surface area contributed by atoms with Crippen molar-refractivity contribution in [3.8, 4) is 0 Å². The fraction of sp³-hybridized carbons (Fsp3) is 0.250. The Kier molecular flexibility index (Phi) is 5.10. The van der Waals surface area contributed by atoms with Gasteiger partial charge in [0.15, 0.2) is 0 Å². The number of hydrogen-bond donors (Lipinski definition) is 0. The van der Waals surface area contributed by atoms with Crippen molar-refractivity contribution in [2.45, 2.75) is 33.6 Å². The standard InChI is InChI=1S/C18H17N.C2H6/c1-3-17-16(14-9-5-4-6-10-14)12-15-13(2)8-7-11-18(15)19-17;1-2/h3,5,7-12H,1,4,6H2,2H3;1-2H3. The first-order chi connectivity index (χ1) is 10.3. The summed E-state index contributed by atoms with van der Waals surface area (Å²) in [6, 6.07) is 8.49. The van der Waals surface area contributed by atoms with Crippen LogP contribution in [0, 0.1) is 6.92 Å². The van der Waals surface area contributed by atoms with Crippen LogP contribution in [-0.2, 0) is 0 Å². The normalized spacial score (nSPS) is 13.4. The molecule has 0 amide bonds. The van der Waals surface area contributed by atoms with Gasteiger partial charge in [-0.05, 0) is 49.1 Å². The zero-order valence-corrected chi connectivity index (χ0v) is 13.2. The van der Waals surface area contributed by atoms with Crippen molar-refractivity contribution in [2.24, 2.45) is 0 Å². The predicted octanol–water partition coefficient (Wildman–Crippen LogP) is 5.95. The highest BCUT2D eigenvalue weighted by Gasteiger charge is 2.09. The molecule has 1 aromatic carbocycles. The van der Waals surface area contributed by atoms with E-state index in [0.29, 0.717) is 0 Å². The molecule has 1 heteroatoms. The van der Waals surface area contributed by atoms with Gasteiger partial charge in [0.05, 0.1) is 11.2 Å². The van der Waals surface area contributed by atoms with Gasteiger partial charge in [-0.2, -0.15) is 0 Å². The number of benzene rings is 1. The van der Waals surface area contributed by atoms with Crippen molar-refractivity contribution in [2.75, 3.05) is 0 Å². The van der Waals surface area contributed by atoms with Crippen LogP contribution in [0.3, 0.4) is 0 Å². The molecule has 108 valence electrons. The second-order valence-electron chi connectivity index (χ2n) is 4.91. The summed E-state index contributed by atoms with van der Waals surface area (Å²) in [4.78, 5) is 4.74. The lowest BCUT2D eigenvalue weighted by Gasteiger charge is -2.12. The van der Waals surface area contributed by atoms with Gasteiger partial charge >= 0.3 is 0 Å². The van der Waals surface area contributed by atoms with Crippen LogP contribution in [0.15, 0.2) is 49.1 Å². The molecule has 0 bridgehead atoms. The Bertz CT molecular complexity index is 705. The summed E-state index contributed by atoms with van der Waals surface area (Å²) in [7, 11) is 0. The van der Waals surface area contributed by atoms with Crippen LogP contribution in [0.25, 0.3) is 22.6 Å². The Labute approximate surface area is 127 Å². The van der Waals surface area contributed by atoms with E-state index in [9.17, 15) is 0 Å². The van der Waals surface area contributed by atoms with Crippen molar-refractivity contribution < 1.29 is 0 Å². The van der Waals surface area contributed by atoms with Crippen molar-refractivity contribution in [1.29, 1.82) is 0 Å². The van der Waals surface area contributed by atoms with Crippen molar-refractivity contribution in [3.05, 3.63) is 65.9 Å². The summed E-state index contributed by atoms with van der Waals surface area (Å²) >= 11 is 0. The Morgan fingerprint density at radius 2 is 2.00 bits per heavy atom. The van der Waals surface area contributed by atoms with Crippen LogP contribution < -0.4 is 0 Å². The van der Waals surface area contributed by atoms with Crippen LogP contribution in [0.5, 0.6) is 0 Å². The summed E-state index contributed by atoms with van der Waals surface area (Å²) in [6.45, 7) is 10.0. The molecule has 3 rings (SSSR count). The molecule has 1 aliphatic carbocycles. The van der Waals surface area contributed by atoms with E-state index in [-0.39, 0.29) is 0 Å². The molecule has 1 nitrogen and oxygen atoms in total. The van der Waals surface area contributed by atoms with E-state index in [1.54, 1.807) is 0 Å². The van der Waals surface area contributed by atoms with Crippen LogP contribution >= 0.6 is 0 Å². The first kappa shape index (κ1) is 15.2. The van der Waals surface area contributed by atoms with Gasteiger partial charge in [0.2, 0.25) is 0 Å². The Hall–Kier alpha value is -2.15. The summed E-state index contributed by atoms with van der Waals surface area (Å²) in [5, 5.41) is 1.22. The molecule has 2 aromatic rings. The van der Waals surface area contributed by atoms with E-state index in [1.807, 2.05) is 19.9 Å². The minimum Gasteiger partial charge on any atom is -0.248 e. The predicted molar refractivity (Wildman–Crippen MR) is 94.3 cm³/mol. The van der Waals surface area contributed by atoms with E-state index in [2.05, 4.69) is 56.0 Å². The monoisotopic (exact) mass is 277 g/mol. The molecule has 1 aromatic heterocycles. The molecule has 0 fully saturated rings. The smallest absolute Gasteiger partial charge is 0.0712 e. The highest BCUT2D eigenvalue weighted by molar-refractivity contribution is 5.90. The molecular weight excluding hydrogens is 254 g/mol. The minimum absolute atomic E-state index is 0.968. The van der Waals surface area contributed by atoms with Crippen molar-refractivity contribution in [1.82, 2.24) is 4.98 Å². The minimum atomic E-state index is 0.968. The lowest BCUT2D eigenvalue weighted by molar-refractivity contribution is 1.04. The molecule has 0 unspecified atom stereocenters. The highest BCUT2D eigenvalue weighted by atomic mass is 14.7. The zero-order chi connectivity index (χ0) is 15.2. The Balaban J connectivity index is 0.000000774. The van der Waals surface area contributed by atoms with Gasteiger partial charge < -0.3 is 0 Å². The molecule has 0 aliphatic heterocycles. The largest absolute Gasteiger partial charge is 0.248 e. The molecule has 0 atom stereocenters. The molecule has 1 aliphatic rings. The third kappa shape index (κ3) is 3.13. The van der Waals surface area contributed by atoms with E-state index < -0.39 is 0 Å². The van der Waals surface area contributed by atoms with Gasteiger partial charge in [-0.25, -0.2) is 4.98 Å². The maximum atomic E-state index is 4.74. The van der Waals surface area contributed by atoms with Crippen LogP contribution in [-0.4, -0.2) is 4.98 Å². The number of pyridine rings is 1. The van der Waals surface area contributed by atoms with Gasteiger partial charge in [-0.3, -0.25) is 0 Å². The molecule has 0 saturated heterocycles. The number of fused-ring (bicyclic) bond motifs is 1. The quantitative estimate of drug-likeness (QED) is 0.661. The molecule has 0 saturated carbocycles. The van der Waals surface area contributed by atoms with Gasteiger partial charge in [0, 0.05) is 10.9 Å². The molecule has 0 radical (unpaired) electrons. The molecular formula is C20H23N. The third-order valence-corrected chi connectivity index (χ3v) is 3.61. The van der Waals surface area contributed by atoms with Crippen molar-refractivity contribution >= 4 is 22.6 Å². The SMILES string of the molecule is C=Cc1nc2cccc(C)c2cc1C1=CCCC=C1.CC. The summed E-state index contributed by atoms with van der Waals surface area (Å²) < 4.78 is 0. The van der Waals surface area contributed by atoms with Crippen LogP contribution in [0.4, 0.5) is 0 Å². The van der Waals surface area contributed by atoms with E-state index >= 15 is 0 Å². The first-order valence-electron chi connectivity index (χ1n) is 7.69. The maximum Gasteiger partial charge on any atom is 0.0712 e. The number of hydrogen-bond acceptors (Lipinski definition) is 1. The molecule has 0 spiro atoms. The Morgan fingerprint density at radius 1 is 1.19 bits per heavy atom. The Morgan fingerprint density at radius 3 is 2.67 bits per heavy atom. The maximum absolute atomic E-state index is 4.74. The highest BCUT2D eigenvalue weighted by Crippen LogP contribution is 2.28. The van der Waals surface area contributed by atoms with Gasteiger partial charge in [0.1, 0.15) is 0 Å². The van der Waals surface area contributed by atoms with Crippen molar-refractivity contribution in [3.63, 3.8) is 0 Å². The lowest BCUT2D eigenvalue weighted by Crippen LogP contribution is -1.95. The molecule has 1 heterocycles. The van der Waals surface area contributed by atoms with Crippen LogP contribution in [0.1, 0.15) is 43.5 Å². The number of nitrogens with zero attached hydrogens (tertiary/aromatic N) is 1. The molecule has 21 heavy (non-hydrogen) atoms. The average molecular weight is 277 g/mol. The summed E-state index contributed by atoms with van der Waals surface area (Å²) in [5.74, 6) is 0. The van der Waals surface area contributed by atoms with Gasteiger partial charge in [0.25, 0.3) is 0 Å². The fourth-order valence-electron chi connectivity index (χ4n) is 2.56. The van der Waals surface area contributed by atoms with E-state index in [4.69, 9.17) is 4.98 Å². The average Bonchev–Trinajstić information content (AvgIpc) is 2.57.